The summed E-state index contributed by atoms with van der Waals surface area (Å²) in [6, 6.07) is 3.06. The van der Waals surface area contributed by atoms with Gasteiger partial charge in [0.05, 0.1) is 0 Å². The molecule has 0 aliphatic carbocycles. The van der Waals surface area contributed by atoms with Gasteiger partial charge in [-0.25, -0.2) is 17.9 Å². The van der Waals surface area contributed by atoms with E-state index in [0.717, 1.165) is 16.5 Å². The number of aryl methyl sites for hydroxylation is 2. The van der Waals surface area contributed by atoms with E-state index in [9.17, 15) is 13.2 Å². The van der Waals surface area contributed by atoms with Crippen LogP contribution < -0.4 is 4.72 Å². The van der Waals surface area contributed by atoms with Crippen molar-refractivity contribution in [1.29, 1.82) is 0 Å². The molecule has 0 aliphatic rings. The zero-order chi connectivity index (χ0) is 14.9. The molecule has 2 aromatic heterocycles. The molecule has 2 heterocycles. The lowest BCUT2D eigenvalue weighted by Crippen LogP contribution is -2.22. The maximum absolute atomic E-state index is 12.1. The Bertz CT molecular complexity index is 743. The van der Waals surface area contributed by atoms with Crippen LogP contribution in [0.15, 0.2) is 28.6 Å². The van der Waals surface area contributed by atoms with E-state index in [-0.39, 0.29) is 17.1 Å². The monoisotopic (exact) mass is 314 g/mol. The number of rotatable bonds is 5. The van der Waals surface area contributed by atoms with Crippen LogP contribution in [0.2, 0.25) is 0 Å². The molecule has 8 heteroatoms. The summed E-state index contributed by atoms with van der Waals surface area (Å²) in [6.45, 7) is 2.11. The molecule has 108 valence electrons. The zero-order valence-electron chi connectivity index (χ0n) is 11.0. The Morgan fingerprint density at radius 1 is 1.50 bits per heavy atom. The predicted octanol–water partition coefficient (Wildman–Crippen LogP) is 1.57. The first-order chi connectivity index (χ1) is 9.31. The number of aromatic nitrogens is 1. The number of nitrogens with one attached hydrogen (secondary N) is 1. The molecule has 0 spiro atoms. The molecule has 0 saturated heterocycles. The summed E-state index contributed by atoms with van der Waals surface area (Å²) < 4.78 is 28.0. The van der Waals surface area contributed by atoms with Crippen LogP contribution in [0.5, 0.6) is 0 Å². The van der Waals surface area contributed by atoms with Gasteiger partial charge < -0.3 is 9.67 Å². The number of sulfonamides is 1. The van der Waals surface area contributed by atoms with Crippen molar-refractivity contribution < 1.29 is 18.3 Å². The first kappa shape index (κ1) is 14.8. The van der Waals surface area contributed by atoms with E-state index in [1.807, 2.05) is 18.4 Å². The molecular formula is C12H14N2O4S2. The molecule has 2 rings (SSSR count). The maximum Gasteiger partial charge on any atom is 0.352 e. The molecule has 6 nitrogen and oxygen atoms in total. The molecule has 0 atom stereocenters. The highest BCUT2D eigenvalue weighted by molar-refractivity contribution is 7.89. The third-order valence-electron chi connectivity index (χ3n) is 2.90. The van der Waals surface area contributed by atoms with Crippen LogP contribution >= 0.6 is 11.3 Å². The molecule has 0 radical (unpaired) electrons. The summed E-state index contributed by atoms with van der Waals surface area (Å²) in [5, 5.41) is 10.8. The first-order valence-electron chi connectivity index (χ1n) is 5.73. The molecule has 0 unspecified atom stereocenters. The van der Waals surface area contributed by atoms with Crippen LogP contribution in [0.3, 0.4) is 0 Å². The van der Waals surface area contributed by atoms with Crippen LogP contribution in [0.25, 0.3) is 0 Å². The summed E-state index contributed by atoms with van der Waals surface area (Å²) in [5.74, 6) is -1.16. The van der Waals surface area contributed by atoms with Gasteiger partial charge in [0, 0.05) is 24.7 Å². The van der Waals surface area contributed by atoms with Crippen molar-refractivity contribution in [3.05, 3.63) is 39.8 Å². The molecule has 0 fully saturated rings. The van der Waals surface area contributed by atoms with Gasteiger partial charge in [-0.05, 0) is 30.0 Å². The fraction of sp³-hybridized carbons (Fsp3) is 0.250. The summed E-state index contributed by atoms with van der Waals surface area (Å²) in [7, 11) is -2.22. The van der Waals surface area contributed by atoms with Crippen molar-refractivity contribution in [2.24, 2.45) is 7.05 Å². The average molecular weight is 314 g/mol. The predicted molar refractivity (Wildman–Crippen MR) is 75.5 cm³/mol. The second-order valence-electron chi connectivity index (χ2n) is 4.33. The largest absolute Gasteiger partial charge is 0.477 e. The van der Waals surface area contributed by atoms with E-state index in [1.54, 1.807) is 0 Å². The van der Waals surface area contributed by atoms with E-state index in [4.69, 9.17) is 5.11 Å². The Balaban J connectivity index is 2.20. The summed E-state index contributed by atoms with van der Waals surface area (Å²) in [6.07, 6.45) is 1.28. The molecule has 0 amide bonds. The van der Waals surface area contributed by atoms with Crippen LogP contribution in [-0.2, 0) is 23.6 Å². The van der Waals surface area contributed by atoms with Gasteiger partial charge in [-0.2, -0.15) is 0 Å². The number of carbonyl (C=O) groups is 1. The Morgan fingerprint density at radius 3 is 2.70 bits per heavy atom. The number of hydrogen-bond acceptors (Lipinski definition) is 4. The maximum atomic E-state index is 12.1. The van der Waals surface area contributed by atoms with E-state index in [2.05, 4.69) is 4.72 Å². The van der Waals surface area contributed by atoms with Crippen molar-refractivity contribution in [3.8, 4) is 0 Å². The Labute approximate surface area is 120 Å². The molecule has 2 aromatic rings. The minimum atomic E-state index is -3.72. The Hall–Kier alpha value is -1.64. The van der Waals surface area contributed by atoms with Crippen LogP contribution in [-0.4, -0.2) is 24.1 Å². The number of hydrogen-bond donors (Lipinski definition) is 2. The molecular weight excluding hydrogens is 300 g/mol. The van der Waals surface area contributed by atoms with Crippen LogP contribution in [0.4, 0.5) is 0 Å². The number of nitrogens with zero attached hydrogens (tertiary/aromatic N) is 1. The van der Waals surface area contributed by atoms with Gasteiger partial charge in [0.2, 0.25) is 10.0 Å². The number of aromatic carboxylic acids is 1. The van der Waals surface area contributed by atoms with Gasteiger partial charge in [-0.15, -0.1) is 11.3 Å². The van der Waals surface area contributed by atoms with E-state index >= 15 is 0 Å². The van der Waals surface area contributed by atoms with Crippen molar-refractivity contribution in [3.63, 3.8) is 0 Å². The Kier molecular flexibility index (Phi) is 3.98. The van der Waals surface area contributed by atoms with Crippen molar-refractivity contribution in [2.45, 2.75) is 18.4 Å². The van der Waals surface area contributed by atoms with Gasteiger partial charge in [0.1, 0.15) is 10.6 Å². The lowest BCUT2D eigenvalue weighted by molar-refractivity contribution is 0.0686. The van der Waals surface area contributed by atoms with Crippen molar-refractivity contribution >= 4 is 27.3 Å². The lowest BCUT2D eigenvalue weighted by atomic mass is 10.3. The second kappa shape index (κ2) is 5.39. The minimum Gasteiger partial charge on any atom is -0.477 e. The topological polar surface area (TPSA) is 88.4 Å². The zero-order valence-corrected chi connectivity index (χ0v) is 12.6. The van der Waals surface area contributed by atoms with E-state index in [0.29, 0.717) is 0 Å². The third-order valence-corrected chi connectivity index (χ3v) is 5.29. The molecule has 20 heavy (non-hydrogen) atoms. The normalized spacial score (nSPS) is 11.7. The minimum absolute atomic E-state index is 0.0494. The summed E-state index contributed by atoms with van der Waals surface area (Å²) in [4.78, 5) is 11.8. The third kappa shape index (κ3) is 2.92. The van der Waals surface area contributed by atoms with Gasteiger partial charge in [0.15, 0.2) is 0 Å². The van der Waals surface area contributed by atoms with Crippen LogP contribution in [0.1, 0.15) is 20.9 Å². The average Bonchev–Trinajstić information content (AvgIpc) is 2.93. The van der Waals surface area contributed by atoms with E-state index < -0.39 is 16.0 Å². The molecule has 0 aromatic carbocycles. The molecule has 0 aliphatic heterocycles. The van der Waals surface area contributed by atoms with Crippen LogP contribution in [0, 0.1) is 6.92 Å². The van der Waals surface area contributed by atoms with Crippen molar-refractivity contribution in [1.82, 2.24) is 9.29 Å². The number of thiophene rings is 1. The molecule has 0 saturated carbocycles. The Morgan fingerprint density at radius 2 is 2.20 bits per heavy atom. The van der Waals surface area contributed by atoms with Gasteiger partial charge in [-0.3, -0.25) is 0 Å². The van der Waals surface area contributed by atoms with Gasteiger partial charge in [0.25, 0.3) is 0 Å². The highest BCUT2D eigenvalue weighted by Gasteiger charge is 2.20. The second-order valence-corrected chi connectivity index (χ2v) is 7.10. The van der Waals surface area contributed by atoms with E-state index in [1.165, 1.54) is 29.1 Å². The summed E-state index contributed by atoms with van der Waals surface area (Å²) >= 11 is 1.47. The van der Waals surface area contributed by atoms with Gasteiger partial charge in [-0.1, -0.05) is 0 Å². The first-order valence-corrected chi connectivity index (χ1v) is 8.10. The lowest BCUT2D eigenvalue weighted by Gasteiger charge is -2.04. The van der Waals surface area contributed by atoms with Crippen molar-refractivity contribution in [2.75, 3.05) is 0 Å². The highest BCUT2D eigenvalue weighted by atomic mass is 32.2. The molecule has 0 bridgehead atoms. The quantitative estimate of drug-likeness (QED) is 0.877. The fourth-order valence-electron chi connectivity index (χ4n) is 1.72. The number of carboxylic acid groups (broad SMARTS) is 1. The standard InChI is InChI=1S/C12H14N2O4S2/c1-8-3-4-19-11(8)6-13-20(17,18)9-5-10(12(15)16)14(2)7-9/h3-5,7,13H,6H2,1-2H3,(H,15,16). The molecule has 2 N–H and O–H groups in total. The summed E-state index contributed by atoms with van der Waals surface area (Å²) in [5.41, 5.74) is 0.953. The SMILES string of the molecule is Cc1ccsc1CNS(=O)(=O)c1cc(C(=O)O)n(C)c1. The number of carboxylic acids is 1. The van der Waals surface area contributed by atoms with Gasteiger partial charge >= 0.3 is 5.97 Å². The highest BCUT2D eigenvalue weighted by Crippen LogP contribution is 2.17. The smallest absolute Gasteiger partial charge is 0.352 e. The fourth-order valence-corrected chi connectivity index (χ4v) is 3.72.